The number of aromatic nitrogens is 1. The number of para-hydroxylation sites is 1. The topological polar surface area (TPSA) is 34.2 Å². The van der Waals surface area contributed by atoms with Gasteiger partial charge in [0.2, 0.25) is 0 Å². The summed E-state index contributed by atoms with van der Waals surface area (Å²) in [4.78, 5) is 3.73. The lowest BCUT2D eigenvalue weighted by molar-refractivity contribution is 0.0707. The van der Waals surface area contributed by atoms with Crippen molar-refractivity contribution >= 4 is 23.5 Å². The third-order valence-corrected chi connectivity index (χ3v) is 5.84. The Morgan fingerprint density at radius 2 is 1.45 bits per heavy atom. The van der Waals surface area contributed by atoms with Crippen LogP contribution < -0.4 is 5.46 Å². The van der Waals surface area contributed by atoms with E-state index in [0.717, 1.165) is 28.7 Å². The van der Waals surface area contributed by atoms with Gasteiger partial charge >= 0.3 is 7.12 Å². The van der Waals surface area contributed by atoms with Crippen LogP contribution in [0.1, 0.15) is 34.1 Å². The highest BCUT2D eigenvalue weighted by molar-refractivity contribution is 6.64. The van der Waals surface area contributed by atoms with E-state index < -0.39 is 7.12 Å². The summed E-state index contributed by atoms with van der Waals surface area (Å²) in [6, 6.07) is 27.4. The van der Waals surface area contributed by atoms with E-state index in [1.165, 1.54) is 16.5 Å². The number of hydrogen-bond acceptors (Lipinski definition) is 2. The number of hydrogen-bond donors (Lipinski definition) is 1. The Hall–Kier alpha value is -2.82. The van der Waals surface area contributed by atoms with Gasteiger partial charge in [-0.15, -0.1) is 0 Å². The lowest BCUT2D eigenvalue weighted by Crippen LogP contribution is -2.44. The molecule has 0 fully saturated rings. The molecule has 31 heavy (non-hydrogen) atoms. The molecule has 0 spiro atoms. The fourth-order valence-electron chi connectivity index (χ4n) is 3.87. The summed E-state index contributed by atoms with van der Waals surface area (Å²) in [5.41, 5.74) is 6.47. The molecule has 0 amide bonds. The van der Waals surface area contributed by atoms with Crippen LogP contribution in [0, 0.1) is 0 Å². The summed E-state index contributed by atoms with van der Waals surface area (Å²) in [5.74, 6) is 0. The molecule has 0 radical (unpaired) electrons. The molecule has 0 aliphatic heterocycles. The van der Waals surface area contributed by atoms with Gasteiger partial charge in [-0.25, -0.2) is 0 Å². The zero-order valence-corrected chi connectivity index (χ0v) is 18.8. The highest BCUT2D eigenvalue weighted by atomic mass is 16.6. The van der Waals surface area contributed by atoms with E-state index in [-0.39, 0.29) is 5.60 Å². The fourth-order valence-corrected chi connectivity index (χ4v) is 3.87. The lowest BCUT2D eigenvalue weighted by atomic mass is 9.76. The second-order valence-electron chi connectivity index (χ2n) is 8.40. The summed E-state index contributed by atoms with van der Waals surface area (Å²) < 4.78 is 12.5. The molecule has 0 saturated carbocycles. The van der Waals surface area contributed by atoms with Crippen LogP contribution in [0.5, 0.6) is 0 Å². The normalized spacial score (nSPS) is 11.7. The second-order valence-corrected chi connectivity index (χ2v) is 8.40. The van der Waals surface area contributed by atoms with Gasteiger partial charge in [-0.2, -0.15) is 0 Å². The smallest absolute Gasteiger partial charge is 0.408 e. The van der Waals surface area contributed by atoms with Crippen LogP contribution in [-0.2, 0) is 9.31 Å². The van der Waals surface area contributed by atoms with Gasteiger partial charge in [0.1, 0.15) is 0 Å². The van der Waals surface area contributed by atoms with E-state index in [1.54, 1.807) is 0 Å². The summed E-state index contributed by atoms with van der Waals surface area (Å²) in [7, 11) is -0.436. The maximum Gasteiger partial charge on any atom is 0.496 e. The molecule has 0 unspecified atom stereocenters. The first-order valence-electron chi connectivity index (χ1n) is 11.1. The molecule has 0 atom stereocenters. The Morgan fingerprint density at radius 3 is 2.06 bits per heavy atom. The molecule has 3 nitrogen and oxygen atoms in total. The first-order valence-corrected chi connectivity index (χ1v) is 11.1. The maximum atomic E-state index is 6.44. The molecule has 0 saturated heterocycles. The van der Waals surface area contributed by atoms with E-state index in [1.807, 2.05) is 13.0 Å². The maximum absolute atomic E-state index is 6.44. The Labute approximate surface area is 185 Å². The molecule has 0 aliphatic carbocycles. The predicted molar refractivity (Wildman–Crippen MR) is 132 cm³/mol. The lowest BCUT2D eigenvalue weighted by Gasteiger charge is -2.28. The van der Waals surface area contributed by atoms with Gasteiger partial charge in [0, 0.05) is 34.1 Å². The summed E-state index contributed by atoms with van der Waals surface area (Å²) in [6.07, 6.45) is 0.905. The van der Waals surface area contributed by atoms with Gasteiger partial charge in [0.15, 0.2) is 0 Å². The molecule has 4 heteroatoms. The van der Waals surface area contributed by atoms with E-state index in [9.17, 15) is 0 Å². The number of benzene rings is 3. The Morgan fingerprint density at radius 1 is 0.806 bits per heavy atom. The average Bonchev–Trinajstić information content (AvgIpc) is 3.19. The molecule has 4 aromatic rings. The van der Waals surface area contributed by atoms with Crippen LogP contribution in [0.3, 0.4) is 0 Å². The van der Waals surface area contributed by atoms with Crippen molar-refractivity contribution in [2.75, 3.05) is 6.61 Å². The number of H-pyrrole nitrogens is 1. The van der Waals surface area contributed by atoms with Crippen molar-refractivity contribution in [3.05, 3.63) is 78.9 Å². The number of aromatic amines is 1. The Bertz CT molecular complexity index is 1140. The molecule has 1 N–H and O–H groups in total. The van der Waals surface area contributed by atoms with Crippen LogP contribution in [0.25, 0.3) is 33.3 Å². The highest BCUT2D eigenvalue weighted by Crippen LogP contribution is 2.38. The van der Waals surface area contributed by atoms with Gasteiger partial charge < -0.3 is 14.3 Å². The third kappa shape index (κ3) is 4.46. The molecular weight excluding hydrogens is 381 g/mol. The second kappa shape index (κ2) is 9.13. The van der Waals surface area contributed by atoms with Crippen LogP contribution in [0.4, 0.5) is 0 Å². The number of nitrogens with one attached hydrogen (secondary N) is 1. The summed E-state index contributed by atoms with van der Waals surface area (Å²) in [5, 5.41) is 1.17. The summed E-state index contributed by atoms with van der Waals surface area (Å²) >= 11 is 0. The van der Waals surface area contributed by atoms with E-state index >= 15 is 0 Å². The minimum atomic E-state index is -0.436. The predicted octanol–water partition coefficient (Wildman–Crippen LogP) is 6.44. The minimum Gasteiger partial charge on any atom is -0.408 e. The van der Waals surface area contributed by atoms with Gasteiger partial charge in [-0.3, -0.25) is 0 Å². The highest BCUT2D eigenvalue weighted by Gasteiger charge is 2.31. The van der Waals surface area contributed by atoms with Crippen LogP contribution in [0.15, 0.2) is 78.9 Å². The minimum absolute atomic E-state index is 0.279. The molecule has 1 aromatic heterocycles. The standard InChI is InChI=1S/C27H30BNO2/c1-5-27(3,4)31-28(30-6-2)23-19-13-18-22-24(20-14-9-7-10-15-20)25(29-26(22)23)21-16-11-8-12-17-21/h7-19,29H,5-6H2,1-4H3. The van der Waals surface area contributed by atoms with E-state index in [4.69, 9.17) is 9.31 Å². The largest absolute Gasteiger partial charge is 0.496 e. The van der Waals surface area contributed by atoms with Gasteiger partial charge in [0.25, 0.3) is 0 Å². The molecule has 3 aromatic carbocycles. The van der Waals surface area contributed by atoms with Gasteiger partial charge in [-0.1, -0.05) is 85.8 Å². The van der Waals surface area contributed by atoms with Crippen molar-refractivity contribution in [3.8, 4) is 22.4 Å². The monoisotopic (exact) mass is 411 g/mol. The molecular formula is C27H30BNO2. The van der Waals surface area contributed by atoms with Crippen molar-refractivity contribution < 1.29 is 9.31 Å². The third-order valence-electron chi connectivity index (χ3n) is 5.84. The first kappa shape index (κ1) is 21.4. The first-order chi connectivity index (χ1) is 15.0. The van der Waals surface area contributed by atoms with Crippen LogP contribution in [0.2, 0.25) is 0 Å². The van der Waals surface area contributed by atoms with Gasteiger partial charge in [-0.05, 0) is 38.3 Å². The Balaban J connectivity index is 1.95. The van der Waals surface area contributed by atoms with Crippen molar-refractivity contribution in [2.45, 2.75) is 39.7 Å². The molecule has 0 bridgehead atoms. The van der Waals surface area contributed by atoms with Gasteiger partial charge in [0.05, 0.1) is 5.69 Å². The number of fused-ring (bicyclic) bond motifs is 1. The van der Waals surface area contributed by atoms with Crippen molar-refractivity contribution in [3.63, 3.8) is 0 Å². The number of rotatable bonds is 8. The van der Waals surface area contributed by atoms with Crippen molar-refractivity contribution in [1.82, 2.24) is 4.98 Å². The fraction of sp³-hybridized carbons (Fsp3) is 0.259. The van der Waals surface area contributed by atoms with Crippen molar-refractivity contribution in [2.24, 2.45) is 0 Å². The zero-order valence-electron chi connectivity index (χ0n) is 18.8. The average molecular weight is 411 g/mol. The van der Waals surface area contributed by atoms with Crippen molar-refractivity contribution in [1.29, 1.82) is 0 Å². The SMILES string of the molecule is CCOB(OC(C)(C)CC)c1cccc2c(-c3ccccc3)c(-c3ccccc3)[nH]c12. The van der Waals surface area contributed by atoms with Crippen LogP contribution >= 0.6 is 0 Å². The summed E-state index contributed by atoms with van der Waals surface area (Å²) in [6.45, 7) is 8.95. The zero-order chi connectivity index (χ0) is 21.8. The van der Waals surface area contributed by atoms with E-state index in [2.05, 4.69) is 98.6 Å². The molecule has 4 rings (SSSR count). The van der Waals surface area contributed by atoms with Crippen LogP contribution in [-0.4, -0.2) is 24.3 Å². The van der Waals surface area contributed by atoms with E-state index in [0.29, 0.717) is 6.61 Å². The molecule has 158 valence electrons. The Kier molecular flexibility index (Phi) is 6.31. The quantitative estimate of drug-likeness (QED) is 0.339. The molecule has 1 heterocycles. The molecule has 0 aliphatic rings.